The Balaban J connectivity index is 2.67. The fourth-order valence-electron chi connectivity index (χ4n) is 1.73. The first-order valence-electron chi connectivity index (χ1n) is 6.41. The summed E-state index contributed by atoms with van der Waals surface area (Å²) in [7, 11) is 1.53. The van der Waals surface area contributed by atoms with Crippen LogP contribution in [0.15, 0.2) is 18.2 Å². The molecule has 0 saturated carbocycles. The fraction of sp³-hybridized carbons (Fsp3) is 0.500. The Labute approximate surface area is 119 Å². The van der Waals surface area contributed by atoms with E-state index in [0.717, 1.165) is 17.9 Å². The zero-order chi connectivity index (χ0) is 14.3. The van der Waals surface area contributed by atoms with Crippen LogP contribution in [0.3, 0.4) is 0 Å². The highest BCUT2D eigenvalue weighted by Crippen LogP contribution is 2.24. The zero-order valence-corrected chi connectivity index (χ0v) is 12.5. The van der Waals surface area contributed by atoms with E-state index in [1.807, 2.05) is 18.7 Å². The Morgan fingerprint density at radius 3 is 2.89 bits per heavy atom. The molecule has 0 spiro atoms. The van der Waals surface area contributed by atoms with E-state index in [1.165, 1.54) is 7.11 Å². The summed E-state index contributed by atoms with van der Waals surface area (Å²) < 4.78 is 5.18. The molecule has 0 aromatic heterocycles. The fourth-order valence-corrected chi connectivity index (χ4v) is 2.54. The van der Waals surface area contributed by atoms with Crippen molar-refractivity contribution >= 4 is 23.4 Å². The van der Waals surface area contributed by atoms with Crippen molar-refractivity contribution in [1.29, 1.82) is 0 Å². The molecule has 0 bridgehead atoms. The SMILES string of the molecule is CCSCCC(C)NC(=O)c1c(N)cccc1OC. The Morgan fingerprint density at radius 2 is 2.26 bits per heavy atom. The molecule has 4 nitrogen and oxygen atoms in total. The summed E-state index contributed by atoms with van der Waals surface area (Å²) in [5, 5.41) is 2.96. The molecule has 1 rings (SSSR count). The van der Waals surface area contributed by atoms with Gasteiger partial charge in [0.2, 0.25) is 0 Å². The second-order valence-electron chi connectivity index (χ2n) is 4.28. The van der Waals surface area contributed by atoms with Gasteiger partial charge in [0.25, 0.3) is 5.91 Å². The van der Waals surface area contributed by atoms with Gasteiger partial charge in [0.15, 0.2) is 0 Å². The third kappa shape index (κ3) is 4.67. The van der Waals surface area contributed by atoms with E-state index in [4.69, 9.17) is 10.5 Å². The monoisotopic (exact) mass is 282 g/mol. The molecule has 0 aliphatic carbocycles. The number of amides is 1. The molecule has 1 aromatic rings. The summed E-state index contributed by atoms with van der Waals surface area (Å²) in [6.07, 6.45) is 0.944. The van der Waals surface area contributed by atoms with Gasteiger partial charge in [-0.15, -0.1) is 0 Å². The van der Waals surface area contributed by atoms with E-state index < -0.39 is 0 Å². The number of thioether (sulfide) groups is 1. The van der Waals surface area contributed by atoms with Crippen LogP contribution >= 0.6 is 11.8 Å². The Morgan fingerprint density at radius 1 is 1.53 bits per heavy atom. The standard InChI is InChI=1S/C14H22N2O2S/c1-4-19-9-8-10(2)16-14(17)13-11(15)6-5-7-12(13)18-3/h5-7,10H,4,8-9,15H2,1-3H3,(H,16,17). The maximum absolute atomic E-state index is 12.2. The lowest BCUT2D eigenvalue weighted by Gasteiger charge is -2.16. The molecule has 1 atom stereocenters. The first kappa shape index (κ1) is 15.7. The van der Waals surface area contributed by atoms with Gasteiger partial charge >= 0.3 is 0 Å². The predicted molar refractivity (Wildman–Crippen MR) is 82.0 cm³/mol. The minimum absolute atomic E-state index is 0.121. The van der Waals surface area contributed by atoms with Crippen LogP contribution in [0.2, 0.25) is 0 Å². The maximum Gasteiger partial charge on any atom is 0.257 e. The number of nitrogens with two attached hydrogens (primary N) is 1. The van der Waals surface area contributed by atoms with E-state index in [9.17, 15) is 4.79 Å². The number of ether oxygens (including phenoxy) is 1. The van der Waals surface area contributed by atoms with Gasteiger partial charge < -0.3 is 15.8 Å². The number of anilines is 1. The summed E-state index contributed by atoms with van der Waals surface area (Å²) in [6, 6.07) is 5.33. The highest BCUT2D eigenvalue weighted by molar-refractivity contribution is 7.99. The first-order chi connectivity index (χ1) is 9.10. The molecule has 1 amide bonds. The summed E-state index contributed by atoms with van der Waals surface area (Å²) in [4.78, 5) is 12.2. The number of hydrogen-bond donors (Lipinski definition) is 2. The van der Waals surface area contributed by atoms with Gasteiger partial charge in [-0.05, 0) is 37.0 Å². The minimum atomic E-state index is -0.177. The van der Waals surface area contributed by atoms with E-state index in [0.29, 0.717) is 17.0 Å². The van der Waals surface area contributed by atoms with Crippen LogP contribution in [0, 0.1) is 0 Å². The smallest absolute Gasteiger partial charge is 0.257 e. The molecule has 0 heterocycles. The second-order valence-corrected chi connectivity index (χ2v) is 5.68. The average Bonchev–Trinajstić information content (AvgIpc) is 2.38. The molecular formula is C14H22N2O2S. The molecule has 19 heavy (non-hydrogen) atoms. The number of benzene rings is 1. The second kappa shape index (κ2) is 7.94. The van der Waals surface area contributed by atoms with E-state index in [2.05, 4.69) is 12.2 Å². The number of hydrogen-bond acceptors (Lipinski definition) is 4. The molecule has 1 unspecified atom stereocenters. The number of rotatable bonds is 7. The van der Waals surface area contributed by atoms with Crippen LogP contribution in [-0.4, -0.2) is 30.6 Å². The molecule has 0 radical (unpaired) electrons. The molecular weight excluding hydrogens is 260 g/mol. The molecule has 3 N–H and O–H groups in total. The van der Waals surface area contributed by atoms with Crippen molar-refractivity contribution in [2.75, 3.05) is 24.3 Å². The Bertz CT molecular complexity index is 424. The van der Waals surface area contributed by atoms with Crippen molar-refractivity contribution in [2.24, 2.45) is 0 Å². The zero-order valence-electron chi connectivity index (χ0n) is 11.7. The Kier molecular flexibility index (Phi) is 6.56. The number of nitrogens with one attached hydrogen (secondary N) is 1. The van der Waals surface area contributed by atoms with Gasteiger partial charge in [-0.2, -0.15) is 11.8 Å². The predicted octanol–water partition coefficient (Wildman–Crippen LogP) is 2.54. The topological polar surface area (TPSA) is 64.4 Å². The largest absolute Gasteiger partial charge is 0.496 e. The lowest BCUT2D eigenvalue weighted by Crippen LogP contribution is -2.33. The molecule has 0 aliphatic heterocycles. The molecule has 0 fully saturated rings. The number of carbonyl (C=O) groups excluding carboxylic acids is 1. The Hall–Kier alpha value is -1.36. The number of methoxy groups -OCH3 is 1. The highest BCUT2D eigenvalue weighted by Gasteiger charge is 2.17. The van der Waals surface area contributed by atoms with Crippen LogP contribution in [-0.2, 0) is 0 Å². The quantitative estimate of drug-likeness (QED) is 0.596. The highest BCUT2D eigenvalue weighted by atomic mass is 32.2. The van der Waals surface area contributed by atoms with Crippen molar-refractivity contribution in [3.63, 3.8) is 0 Å². The van der Waals surface area contributed by atoms with Crippen LogP contribution in [0.5, 0.6) is 5.75 Å². The van der Waals surface area contributed by atoms with Gasteiger partial charge in [0.1, 0.15) is 11.3 Å². The third-order valence-corrected chi connectivity index (χ3v) is 3.71. The lowest BCUT2D eigenvalue weighted by atomic mass is 10.1. The number of carbonyl (C=O) groups is 1. The number of nitrogen functional groups attached to an aromatic ring is 1. The van der Waals surface area contributed by atoms with Gasteiger partial charge in [-0.3, -0.25) is 4.79 Å². The summed E-state index contributed by atoms with van der Waals surface area (Å²) >= 11 is 1.87. The van der Waals surface area contributed by atoms with Crippen molar-refractivity contribution in [3.8, 4) is 5.75 Å². The normalized spacial score (nSPS) is 11.9. The van der Waals surface area contributed by atoms with Crippen molar-refractivity contribution in [3.05, 3.63) is 23.8 Å². The summed E-state index contributed by atoms with van der Waals surface area (Å²) in [6.45, 7) is 4.13. The third-order valence-electron chi connectivity index (χ3n) is 2.78. The molecule has 0 saturated heterocycles. The lowest BCUT2D eigenvalue weighted by molar-refractivity contribution is 0.0937. The van der Waals surface area contributed by atoms with Gasteiger partial charge in [-0.1, -0.05) is 13.0 Å². The van der Waals surface area contributed by atoms with E-state index in [1.54, 1.807) is 18.2 Å². The summed E-state index contributed by atoms with van der Waals surface area (Å²) in [5.74, 6) is 2.47. The average molecular weight is 282 g/mol. The van der Waals surface area contributed by atoms with E-state index >= 15 is 0 Å². The van der Waals surface area contributed by atoms with E-state index in [-0.39, 0.29) is 11.9 Å². The van der Waals surface area contributed by atoms with Crippen LogP contribution in [0.1, 0.15) is 30.6 Å². The van der Waals surface area contributed by atoms with Crippen LogP contribution in [0.4, 0.5) is 5.69 Å². The first-order valence-corrected chi connectivity index (χ1v) is 7.56. The van der Waals surface area contributed by atoms with Crippen LogP contribution < -0.4 is 15.8 Å². The summed E-state index contributed by atoms with van der Waals surface area (Å²) in [5.41, 5.74) is 6.70. The van der Waals surface area contributed by atoms with Crippen molar-refractivity contribution in [1.82, 2.24) is 5.32 Å². The van der Waals surface area contributed by atoms with Gasteiger partial charge in [0.05, 0.1) is 7.11 Å². The van der Waals surface area contributed by atoms with Crippen molar-refractivity contribution < 1.29 is 9.53 Å². The molecule has 5 heteroatoms. The van der Waals surface area contributed by atoms with Gasteiger partial charge in [0, 0.05) is 11.7 Å². The molecule has 106 valence electrons. The van der Waals surface area contributed by atoms with Gasteiger partial charge in [-0.25, -0.2) is 0 Å². The molecule has 1 aromatic carbocycles. The molecule has 0 aliphatic rings. The van der Waals surface area contributed by atoms with Crippen LogP contribution in [0.25, 0.3) is 0 Å². The maximum atomic E-state index is 12.2. The van der Waals surface area contributed by atoms with Crippen molar-refractivity contribution in [2.45, 2.75) is 26.3 Å². The minimum Gasteiger partial charge on any atom is -0.496 e.